The molecule has 0 saturated heterocycles. The van der Waals surface area contributed by atoms with Crippen molar-refractivity contribution in [3.05, 3.63) is 24.3 Å². The Morgan fingerprint density at radius 1 is 1.06 bits per heavy atom. The van der Waals surface area contributed by atoms with E-state index >= 15 is 0 Å². The van der Waals surface area contributed by atoms with Crippen LogP contribution < -0.4 is 0 Å². The molecule has 0 aliphatic rings. The molecular formula is C10H11NO4S2. The van der Waals surface area contributed by atoms with Crippen LogP contribution in [0, 0.1) is 11.3 Å². The Morgan fingerprint density at radius 3 is 1.82 bits per heavy atom. The summed E-state index contributed by atoms with van der Waals surface area (Å²) in [5, 5.41) is 7.43. The van der Waals surface area contributed by atoms with Gasteiger partial charge in [0.1, 0.15) is 5.25 Å². The van der Waals surface area contributed by atoms with Gasteiger partial charge in [0.15, 0.2) is 19.7 Å². The molecule has 1 aromatic carbocycles. The number of sulfone groups is 2. The summed E-state index contributed by atoms with van der Waals surface area (Å²) in [5.74, 6) is 0. The Bertz CT molecular complexity index is 651. The molecule has 0 spiro atoms. The van der Waals surface area contributed by atoms with Crippen LogP contribution in [0.15, 0.2) is 34.1 Å². The summed E-state index contributed by atoms with van der Waals surface area (Å²) < 4.78 is 45.9. The van der Waals surface area contributed by atoms with Crippen LogP contribution in [0.3, 0.4) is 0 Å². The van der Waals surface area contributed by atoms with E-state index in [2.05, 4.69) is 0 Å². The Balaban J connectivity index is 3.27. The average Bonchev–Trinajstić information content (AvgIpc) is 2.27. The zero-order valence-corrected chi connectivity index (χ0v) is 10.9. The average molecular weight is 273 g/mol. The van der Waals surface area contributed by atoms with Gasteiger partial charge in [-0.25, -0.2) is 16.8 Å². The van der Waals surface area contributed by atoms with Crippen LogP contribution in [0.25, 0.3) is 0 Å². The van der Waals surface area contributed by atoms with E-state index in [-0.39, 0.29) is 9.79 Å². The van der Waals surface area contributed by atoms with Crippen LogP contribution in [0.2, 0.25) is 0 Å². The van der Waals surface area contributed by atoms with E-state index in [1.807, 2.05) is 0 Å². The largest absolute Gasteiger partial charge is 0.224 e. The minimum Gasteiger partial charge on any atom is -0.224 e. The molecule has 92 valence electrons. The molecular weight excluding hydrogens is 262 g/mol. The summed E-state index contributed by atoms with van der Waals surface area (Å²) in [6.07, 6.45) is 1.04. The lowest BCUT2D eigenvalue weighted by atomic mass is 10.4. The summed E-state index contributed by atoms with van der Waals surface area (Å²) in [4.78, 5) is -0.0139. The number of hydrogen-bond acceptors (Lipinski definition) is 5. The van der Waals surface area contributed by atoms with Crippen LogP contribution in [-0.4, -0.2) is 28.3 Å². The van der Waals surface area contributed by atoms with Gasteiger partial charge in [-0.05, 0) is 31.2 Å². The third kappa shape index (κ3) is 2.84. The van der Waals surface area contributed by atoms with E-state index in [1.165, 1.54) is 31.2 Å². The van der Waals surface area contributed by atoms with E-state index in [4.69, 9.17) is 5.26 Å². The Hall–Kier alpha value is -1.39. The number of hydrogen-bond donors (Lipinski definition) is 0. The zero-order chi connectivity index (χ0) is 13.3. The third-order valence-electron chi connectivity index (χ3n) is 2.23. The first kappa shape index (κ1) is 13.7. The first-order valence-electron chi connectivity index (χ1n) is 4.63. The third-order valence-corrected chi connectivity index (χ3v) is 5.32. The van der Waals surface area contributed by atoms with Gasteiger partial charge in [0, 0.05) is 6.26 Å². The minimum absolute atomic E-state index is 0.0426. The van der Waals surface area contributed by atoms with Gasteiger partial charge in [0.25, 0.3) is 0 Å². The fourth-order valence-corrected chi connectivity index (χ4v) is 2.84. The highest BCUT2D eigenvalue weighted by molar-refractivity contribution is 7.92. The second-order valence-corrected chi connectivity index (χ2v) is 7.84. The summed E-state index contributed by atoms with van der Waals surface area (Å²) >= 11 is 0. The molecule has 0 aliphatic heterocycles. The lowest BCUT2D eigenvalue weighted by Crippen LogP contribution is -2.15. The van der Waals surface area contributed by atoms with E-state index in [9.17, 15) is 16.8 Å². The van der Waals surface area contributed by atoms with Crippen molar-refractivity contribution in [3.63, 3.8) is 0 Å². The lowest BCUT2D eigenvalue weighted by molar-refractivity contribution is 0.590. The topological polar surface area (TPSA) is 92.1 Å². The maximum atomic E-state index is 11.8. The first-order valence-corrected chi connectivity index (χ1v) is 8.07. The number of nitrogens with zero attached hydrogens (tertiary/aromatic N) is 1. The molecule has 1 aromatic rings. The molecule has 0 bridgehead atoms. The molecule has 1 atom stereocenters. The van der Waals surface area contributed by atoms with Gasteiger partial charge in [0.05, 0.1) is 15.9 Å². The molecule has 0 radical (unpaired) electrons. The Labute approximate surface area is 101 Å². The van der Waals surface area contributed by atoms with Crippen molar-refractivity contribution >= 4 is 19.7 Å². The van der Waals surface area contributed by atoms with Crippen molar-refractivity contribution in [1.29, 1.82) is 5.26 Å². The molecule has 17 heavy (non-hydrogen) atoms. The fourth-order valence-electron chi connectivity index (χ4n) is 1.15. The second-order valence-electron chi connectivity index (χ2n) is 3.56. The van der Waals surface area contributed by atoms with Crippen LogP contribution in [0.1, 0.15) is 6.92 Å². The maximum absolute atomic E-state index is 11.8. The highest BCUT2D eigenvalue weighted by Crippen LogP contribution is 2.18. The smallest absolute Gasteiger partial charge is 0.194 e. The van der Waals surface area contributed by atoms with Crippen molar-refractivity contribution in [3.8, 4) is 6.07 Å². The SMILES string of the molecule is CC(C#N)S(=O)(=O)c1ccc(S(C)(=O)=O)cc1. The van der Waals surface area contributed by atoms with Crippen molar-refractivity contribution in [2.24, 2.45) is 0 Å². The van der Waals surface area contributed by atoms with Crippen molar-refractivity contribution < 1.29 is 16.8 Å². The normalized spacial score (nSPS) is 13.9. The summed E-state index contributed by atoms with van der Waals surface area (Å²) in [5.41, 5.74) is 0. The molecule has 5 nitrogen and oxygen atoms in total. The molecule has 0 amide bonds. The molecule has 0 saturated carbocycles. The summed E-state index contributed by atoms with van der Waals surface area (Å²) in [6, 6.07) is 6.46. The van der Waals surface area contributed by atoms with Gasteiger partial charge < -0.3 is 0 Å². The number of rotatable bonds is 3. The predicted octanol–water partition coefficient (Wildman–Crippen LogP) is 0.776. The van der Waals surface area contributed by atoms with Gasteiger partial charge >= 0.3 is 0 Å². The molecule has 1 unspecified atom stereocenters. The number of benzene rings is 1. The van der Waals surface area contributed by atoms with Crippen molar-refractivity contribution in [2.75, 3.05) is 6.26 Å². The fraction of sp³-hybridized carbons (Fsp3) is 0.300. The molecule has 0 heterocycles. The molecule has 0 fully saturated rings. The van der Waals surface area contributed by atoms with Gasteiger partial charge in [-0.15, -0.1) is 0 Å². The van der Waals surface area contributed by atoms with Crippen LogP contribution in [0.4, 0.5) is 0 Å². The van der Waals surface area contributed by atoms with E-state index in [0.717, 1.165) is 6.26 Å². The molecule has 0 N–H and O–H groups in total. The lowest BCUT2D eigenvalue weighted by Gasteiger charge is -2.06. The number of nitriles is 1. The maximum Gasteiger partial charge on any atom is 0.194 e. The Morgan fingerprint density at radius 2 is 1.47 bits per heavy atom. The van der Waals surface area contributed by atoms with E-state index in [0.29, 0.717) is 0 Å². The van der Waals surface area contributed by atoms with Crippen molar-refractivity contribution in [1.82, 2.24) is 0 Å². The highest BCUT2D eigenvalue weighted by atomic mass is 32.2. The Kier molecular flexibility index (Phi) is 3.59. The monoisotopic (exact) mass is 273 g/mol. The van der Waals surface area contributed by atoms with Gasteiger partial charge in [0.2, 0.25) is 0 Å². The zero-order valence-electron chi connectivity index (χ0n) is 9.28. The predicted molar refractivity (Wildman–Crippen MR) is 61.8 cm³/mol. The first-order chi connectivity index (χ1) is 7.69. The molecule has 0 aliphatic carbocycles. The summed E-state index contributed by atoms with van der Waals surface area (Å²) in [6.45, 7) is 1.28. The second kappa shape index (κ2) is 4.47. The standard InChI is InChI=1S/C10H11NO4S2/c1-8(7-11)17(14,15)10-5-3-9(4-6-10)16(2,12)13/h3-6,8H,1-2H3. The minimum atomic E-state index is -3.71. The summed E-state index contributed by atoms with van der Waals surface area (Å²) in [7, 11) is -7.06. The molecule has 1 rings (SSSR count). The highest BCUT2D eigenvalue weighted by Gasteiger charge is 2.23. The van der Waals surface area contributed by atoms with E-state index in [1.54, 1.807) is 6.07 Å². The quantitative estimate of drug-likeness (QED) is 0.811. The van der Waals surface area contributed by atoms with Gasteiger partial charge in [-0.2, -0.15) is 5.26 Å². The van der Waals surface area contributed by atoms with E-state index < -0.39 is 24.9 Å². The van der Waals surface area contributed by atoms with Crippen molar-refractivity contribution in [2.45, 2.75) is 22.0 Å². The molecule has 0 aromatic heterocycles. The van der Waals surface area contributed by atoms with Crippen LogP contribution >= 0.6 is 0 Å². The van der Waals surface area contributed by atoms with Gasteiger partial charge in [-0.3, -0.25) is 0 Å². The molecule has 7 heteroatoms. The van der Waals surface area contributed by atoms with Crippen LogP contribution in [0.5, 0.6) is 0 Å². The van der Waals surface area contributed by atoms with Gasteiger partial charge in [-0.1, -0.05) is 0 Å². The van der Waals surface area contributed by atoms with Crippen LogP contribution in [-0.2, 0) is 19.7 Å².